The van der Waals surface area contributed by atoms with E-state index in [1.165, 1.54) is 12.1 Å². The number of carbonyl (C=O) groups is 1. The first-order chi connectivity index (χ1) is 7.56. The van der Waals surface area contributed by atoms with E-state index >= 15 is 0 Å². The summed E-state index contributed by atoms with van der Waals surface area (Å²) >= 11 is 3.19. The van der Waals surface area contributed by atoms with Crippen molar-refractivity contribution in [1.82, 2.24) is 0 Å². The molecule has 1 aromatic carbocycles. The van der Waals surface area contributed by atoms with Crippen LogP contribution in [0.1, 0.15) is 18.4 Å². The third kappa shape index (κ3) is 2.72. The van der Waals surface area contributed by atoms with Gasteiger partial charge in [0.15, 0.2) is 0 Å². The van der Waals surface area contributed by atoms with Gasteiger partial charge in [-0.2, -0.15) is 0 Å². The first-order valence-corrected chi connectivity index (χ1v) is 5.72. The molecule has 0 amide bonds. The first kappa shape index (κ1) is 11.4. The van der Waals surface area contributed by atoms with Crippen LogP contribution in [-0.2, 0) is 11.2 Å². The molecule has 86 valence electrons. The van der Waals surface area contributed by atoms with Gasteiger partial charge in [-0.3, -0.25) is 4.79 Å². The van der Waals surface area contributed by atoms with Gasteiger partial charge in [0, 0.05) is 5.56 Å². The molecule has 1 aliphatic rings. The lowest BCUT2D eigenvalue weighted by Crippen LogP contribution is -2.06. The van der Waals surface area contributed by atoms with E-state index in [9.17, 15) is 9.18 Å². The Morgan fingerprint density at radius 2 is 2.25 bits per heavy atom. The molecule has 1 fully saturated rings. The summed E-state index contributed by atoms with van der Waals surface area (Å²) in [6.45, 7) is 0. The van der Waals surface area contributed by atoms with Crippen molar-refractivity contribution in [3.63, 3.8) is 0 Å². The minimum atomic E-state index is -1.00. The molecule has 0 atom stereocenters. The lowest BCUT2D eigenvalue weighted by Gasteiger charge is -2.11. The minimum Gasteiger partial charge on any atom is -0.489 e. The van der Waals surface area contributed by atoms with Crippen molar-refractivity contribution in [1.29, 1.82) is 0 Å². The van der Waals surface area contributed by atoms with Gasteiger partial charge in [0.1, 0.15) is 11.6 Å². The Hall–Kier alpha value is -1.10. The van der Waals surface area contributed by atoms with Gasteiger partial charge in [-0.05, 0) is 40.9 Å². The van der Waals surface area contributed by atoms with E-state index in [0.717, 1.165) is 12.8 Å². The van der Waals surface area contributed by atoms with Gasteiger partial charge in [0.25, 0.3) is 0 Å². The Balaban J connectivity index is 2.32. The average Bonchev–Trinajstić information content (AvgIpc) is 2.93. The van der Waals surface area contributed by atoms with Crippen molar-refractivity contribution in [2.75, 3.05) is 0 Å². The van der Waals surface area contributed by atoms with Gasteiger partial charge < -0.3 is 9.84 Å². The molecule has 16 heavy (non-hydrogen) atoms. The Morgan fingerprint density at radius 3 is 2.81 bits per heavy atom. The second kappa shape index (κ2) is 4.41. The van der Waals surface area contributed by atoms with Gasteiger partial charge in [-0.1, -0.05) is 0 Å². The molecule has 3 nitrogen and oxygen atoms in total. The molecule has 1 aromatic rings. The third-order valence-electron chi connectivity index (χ3n) is 2.24. The number of carboxylic acid groups (broad SMARTS) is 1. The molecule has 2 rings (SSSR count). The molecule has 0 aliphatic heterocycles. The predicted molar refractivity (Wildman–Crippen MR) is 59.1 cm³/mol. The standard InChI is InChI=1S/C11H10BrFO3/c12-9-5-7(13)3-6(4-10(14)15)11(9)16-8-1-2-8/h3,5,8H,1-2,4H2,(H,14,15). The molecular formula is C11H10BrFO3. The second-order valence-corrected chi connectivity index (χ2v) is 4.62. The highest BCUT2D eigenvalue weighted by Gasteiger charge is 2.26. The Kier molecular flexibility index (Phi) is 3.14. The Bertz CT molecular complexity index is 429. The van der Waals surface area contributed by atoms with Crippen molar-refractivity contribution in [3.8, 4) is 5.75 Å². The average molecular weight is 289 g/mol. The highest BCUT2D eigenvalue weighted by Crippen LogP contribution is 2.36. The fourth-order valence-corrected chi connectivity index (χ4v) is 1.96. The smallest absolute Gasteiger partial charge is 0.307 e. The second-order valence-electron chi connectivity index (χ2n) is 3.76. The number of ether oxygens (including phenoxy) is 1. The van der Waals surface area contributed by atoms with Crippen LogP contribution in [0.5, 0.6) is 5.75 Å². The molecule has 0 radical (unpaired) electrons. The monoisotopic (exact) mass is 288 g/mol. The summed E-state index contributed by atoms with van der Waals surface area (Å²) in [4.78, 5) is 10.7. The highest BCUT2D eigenvalue weighted by molar-refractivity contribution is 9.10. The maximum Gasteiger partial charge on any atom is 0.307 e. The fraction of sp³-hybridized carbons (Fsp3) is 0.364. The minimum absolute atomic E-state index is 0.148. The molecule has 0 bridgehead atoms. The summed E-state index contributed by atoms with van der Waals surface area (Å²) in [5.41, 5.74) is 0.367. The van der Waals surface area contributed by atoms with Crippen LogP contribution in [0, 0.1) is 5.82 Å². The number of hydrogen-bond acceptors (Lipinski definition) is 2. The van der Waals surface area contributed by atoms with E-state index in [4.69, 9.17) is 9.84 Å². The quantitative estimate of drug-likeness (QED) is 0.927. The Labute approximate surface area is 100 Å². The van der Waals surface area contributed by atoms with Crippen LogP contribution in [0.15, 0.2) is 16.6 Å². The molecule has 5 heteroatoms. The lowest BCUT2D eigenvalue weighted by molar-refractivity contribution is -0.136. The molecule has 0 unspecified atom stereocenters. The van der Waals surface area contributed by atoms with E-state index in [-0.39, 0.29) is 12.5 Å². The van der Waals surface area contributed by atoms with Crippen LogP contribution >= 0.6 is 15.9 Å². The number of hydrogen-bond donors (Lipinski definition) is 1. The van der Waals surface area contributed by atoms with Crippen molar-refractivity contribution in [2.45, 2.75) is 25.4 Å². The zero-order chi connectivity index (χ0) is 11.7. The summed E-state index contributed by atoms with van der Waals surface area (Å²) in [7, 11) is 0. The summed E-state index contributed by atoms with van der Waals surface area (Å²) < 4.78 is 19.2. The molecule has 1 saturated carbocycles. The van der Waals surface area contributed by atoms with E-state index in [1.807, 2.05) is 0 Å². The van der Waals surface area contributed by atoms with E-state index in [2.05, 4.69) is 15.9 Å². The maximum atomic E-state index is 13.1. The predicted octanol–water partition coefficient (Wildman–Crippen LogP) is 2.76. The van der Waals surface area contributed by atoms with Crippen LogP contribution in [0.4, 0.5) is 4.39 Å². The molecule has 1 N–H and O–H groups in total. The number of aliphatic carboxylic acids is 1. The third-order valence-corrected chi connectivity index (χ3v) is 2.82. The molecule has 0 saturated heterocycles. The maximum absolute atomic E-state index is 13.1. The zero-order valence-corrected chi connectivity index (χ0v) is 9.96. The zero-order valence-electron chi connectivity index (χ0n) is 8.37. The van der Waals surface area contributed by atoms with Crippen LogP contribution in [0.25, 0.3) is 0 Å². The fourth-order valence-electron chi connectivity index (χ4n) is 1.39. The van der Waals surface area contributed by atoms with Gasteiger partial charge in [0.2, 0.25) is 0 Å². The van der Waals surface area contributed by atoms with Gasteiger partial charge in [-0.25, -0.2) is 4.39 Å². The topological polar surface area (TPSA) is 46.5 Å². The van der Waals surface area contributed by atoms with Crippen LogP contribution in [0.2, 0.25) is 0 Å². The SMILES string of the molecule is O=C(O)Cc1cc(F)cc(Br)c1OC1CC1. The molecule has 0 heterocycles. The molecule has 1 aliphatic carbocycles. The lowest BCUT2D eigenvalue weighted by atomic mass is 10.1. The largest absolute Gasteiger partial charge is 0.489 e. The van der Waals surface area contributed by atoms with Gasteiger partial charge >= 0.3 is 5.97 Å². The first-order valence-electron chi connectivity index (χ1n) is 4.92. The highest BCUT2D eigenvalue weighted by atomic mass is 79.9. The molecule has 0 spiro atoms. The van der Waals surface area contributed by atoms with Crippen LogP contribution in [-0.4, -0.2) is 17.2 Å². The van der Waals surface area contributed by atoms with Crippen molar-refractivity contribution in [2.24, 2.45) is 0 Å². The summed E-state index contributed by atoms with van der Waals surface area (Å²) in [5, 5.41) is 8.73. The van der Waals surface area contributed by atoms with Crippen LogP contribution in [0.3, 0.4) is 0 Å². The summed E-state index contributed by atoms with van der Waals surface area (Å²) in [5.74, 6) is -1.02. The van der Waals surface area contributed by atoms with Gasteiger partial charge in [0.05, 0.1) is 17.0 Å². The van der Waals surface area contributed by atoms with E-state index in [1.54, 1.807) is 0 Å². The van der Waals surface area contributed by atoms with Crippen LogP contribution < -0.4 is 4.74 Å². The summed E-state index contributed by atoms with van der Waals surface area (Å²) in [6, 6.07) is 2.49. The summed E-state index contributed by atoms with van der Waals surface area (Å²) in [6.07, 6.45) is 1.85. The van der Waals surface area contributed by atoms with Crippen molar-refractivity contribution in [3.05, 3.63) is 28.0 Å². The number of halogens is 2. The number of carboxylic acids is 1. The van der Waals surface area contributed by atoms with Gasteiger partial charge in [-0.15, -0.1) is 0 Å². The number of rotatable bonds is 4. The Morgan fingerprint density at radius 1 is 1.56 bits per heavy atom. The van der Waals surface area contributed by atoms with E-state index < -0.39 is 11.8 Å². The van der Waals surface area contributed by atoms with E-state index in [0.29, 0.717) is 15.8 Å². The normalized spacial score (nSPS) is 14.9. The van der Waals surface area contributed by atoms with Crippen molar-refractivity contribution < 1.29 is 19.0 Å². The van der Waals surface area contributed by atoms with Crippen molar-refractivity contribution >= 4 is 21.9 Å². The molecular weight excluding hydrogens is 279 g/mol. The molecule has 0 aromatic heterocycles. The number of benzene rings is 1.